The molecule has 0 saturated carbocycles. The van der Waals surface area contributed by atoms with E-state index in [4.69, 9.17) is 4.42 Å². The van der Waals surface area contributed by atoms with Gasteiger partial charge in [-0.1, -0.05) is 12.1 Å². The van der Waals surface area contributed by atoms with Crippen LogP contribution >= 0.6 is 0 Å². The van der Waals surface area contributed by atoms with Gasteiger partial charge in [0.25, 0.3) is 17.7 Å². The second-order valence-corrected chi connectivity index (χ2v) is 6.67. The minimum atomic E-state index is -0.456. The first kappa shape index (κ1) is 18.6. The van der Waals surface area contributed by atoms with Crippen molar-refractivity contribution >= 4 is 17.7 Å². The summed E-state index contributed by atoms with van der Waals surface area (Å²) < 4.78 is 18.1. The number of furan rings is 1. The fourth-order valence-corrected chi connectivity index (χ4v) is 3.21. The molecule has 0 radical (unpaired) electrons. The molecule has 0 bridgehead atoms. The van der Waals surface area contributed by atoms with Gasteiger partial charge in [0.15, 0.2) is 0 Å². The van der Waals surface area contributed by atoms with Crippen LogP contribution in [0.1, 0.15) is 42.4 Å². The summed E-state index contributed by atoms with van der Waals surface area (Å²) in [4.78, 5) is 38.7. The normalized spacial score (nSPS) is 12.9. The lowest BCUT2D eigenvalue weighted by molar-refractivity contribution is 0.0631. The fraction of sp³-hybridized carbons (Fsp3) is 0.136. The highest BCUT2D eigenvalue weighted by molar-refractivity contribution is 6.22. The molecule has 3 aromatic rings. The molecule has 2 aromatic carbocycles. The number of imide groups is 1. The zero-order valence-electron chi connectivity index (χ0n) is 15.4. The van der Waals surface area contributed by atoms with E-state index in [0.717, 1.165) is 10.5 Å². The Hall–Kier alpha value is -3.74. The van der Waals surface area contributed by atoms with Crippen LogP contribution in [0.5, 0.6) is 0 Å². The lowest BCUT2D eigenvalue weighted by Gasteiger charge is -2.11. The van der Waals surface area contributed by atoms with Gasteiger partial charge < -0.3 is 9.73 Å². The van der Waals surface area contributed by atoms with Crippen LogP contribution in [0.15, 0.2) is 65.3 Å². The number of nitrogens with one attached hydrogen (secondary N) is 1. The maximum atomic E-state index is 12.9. The van der Waals surface area contributed by atoms with Crippen molar-refractivity contribution in [2.45, 2.75) is 13.0 Å². The molecule has 1 aromatic heterocycles. The molecule has 1 aliphatic heterocycles. The van der Waals surface area contributed by atoms with E-state index < -0.39 is 11.8 Å². The first-order valence-corrected chi connectivity index (χ1v) is 9.08. The van der Waals surface area contributed by atoms with Crippen molar-refractivity contribution < 1.29 is 23.2 Å². The third kappa shape index (κ3) is 3.80. The van der Waals surface area contributed by atoms with E-state index in [2.05, 4.69) is 5.32 Å². The number of hydrogen-bond acceptors (Lipinski definition) is 4. The van der Waals surface area contributed by atoms with E-state index in [-0.39, 0.29) is 29.4 Å². The Bertz CT molecular complexity index is 1070. The summed E-state index contributed by atoms with van der Waals surface area (Å²) in [6.07, 6.45) is 2.02. The SMILES string of the molecule is O=C(NCCc1ccc(F)cc1)c1ccc2c(c1)C(=O)N(Cc1ccco1)C2=O. The van der Waals surface area contributed by atoms with Gasteiger partial charge in [-0.3, -0.25) is 19.3 Å². The van der Waals surface area contributed by atoms with Gasteiger partial charge in [0, 0.05) is 12.1 Å². The number of fused-ring (bicyclic) bond motifs is 1. The predicted octanol–water partition coefficient (Wildman–Crippen LogP) is 3.19. The summed E-state index contributed by atoms with van der Waals surface area (Å²) in [6.45, 7) is 0.400. The number of rotatable bonds is 6. The van der Waals surface area contributed by atoms with Gasteiger partial charge in [-0.25, -0.2) is 4.39 Å². The van der Waals surface area contributed by atoms with Crippen molar-refractivity contribution in [3.63, 3.8) is 0 Å². The number of benzene rings is 2. The standard InChI is InChI=1S/C22H17FN2O4/c23-16-6-3-14(4-7-16)9-10-24-20(26)15-5-8-18-19(12-15)22(28)25(21(18)27)13-17-2-1-11-29-17/h1-8,11-12H,9-10,13H2,(H,24,26). The Morgan fingerprint density at radius 3 is 2.48 bits per heavy atom. The molecule has 0 unspecified atom stereocenters. The number of halogens is 1. The lowest BCUT2D eigenvalue weighted by Crippen LogP contribution is -2.28. The van der Waals surface area contributed by atoms with Crippen LogP contribution < -0.4 is 5.32 Å². The van der Waals surface area contributed by atoms with Crippen molar-refractivity contribution in [3.05, 3.63) is 94.7 Å². The number of hydrogen-bond donors (Lipinski definition) is 1. The minimum Gasteiger partial charge on any atom is -0.467 e. The first-order valence-electron chi connectivity index (χ1n) is 9.08. The second kappa shape index (κ2) is 7.71. The van der Waals surface area contributed by atoms with Crippen LogP contribution in [-0.4, -0.2) is 29.2 Å². The fourth-order valence-electron chi connectivity index (χ4n) is 3.21. The maximum absolute atomic E-state index is 12.9. The smallest absolute Gasteiger partial charge is 0.261 e. The molecular formula is C22H17FN2O4. The van der Waals surface area contributed by atoms with E-state index in [1.165, 1.54) is 36.6 Å². The molecule has 3 amide bonds. The second-order valence-electron chi connectivity index (χ2n) is 6.67. The molecule has 4 rings (SSSR count). The Labute approximate surface area is 165 Å². The number of carbonyl (C=O) groups excluding carboxylic acids is 3. The van der Waals surface area contributed by atoms with Crippen molar-refractivity contribution in [2.24, 2.45) is 0 Å². The van der Waals surface area contributed by atoms with Crippen LogP contribution in [0.4, 0.5) is 4.39 Å². The molecule has 6 nitrogen and oxygen atoms in total. The van der Waals surface area contributed by atoms with Crippen LogP contribution in [0.2, 0.25) is 0 Å². The molecule has 0 aliphatic carbocycles. The molecule has 29 heavy (non-hydrogen) atoms. The summed E-state index contributed by atoms with van der Waals surface area (Å²) in [6, 6.07) is 13.9. The third-order valence-corrected chi connectivity index (χ3v) is 4.74. The molecule has 146 valence electrons. The predicted molar refractivity (Wildman–Crippen MR) is 102 cm³/mol. The first-order chi connectivity index (χ1) is 14.0. The summed E-state index contributed by atoms with van der Waals surface area (Å²) >= 11 is 0. The number of nitrogens with zero attached hydrogens (tertiary/aromatic N) is 1. The Morgan fingerprint density at radius 2 is 1.76 bits per heavy atom. The van der Waals surface area contributed by atoms with E-state index in [1.54, 1.807) is 24.3 Å². The summed E-state index contributed by atoms with van der Waals surface area (Å²) in [7, 11) is 0. The van der Waals surface area contributed by atoms with Gasteiger partial charge in [-0.15, -0.1) is 0 Å². The zero-order valence-corrected chi connectivity index (χ0v) is 15.4. The van der Waals surface area contributed by atoms with Gasteiger partial charge in [-0.2, -0.15) is 0 Å². The topological polar surface area (TPSA) is 79.6 Å². The molecule has 2 heterocycles. The van der Waals surface area contributed by atoms with E-state index in [9.17, 15) is 18.8 Å². The summed E-state index contributed by atoms with van der Waals surface area (Å²) in [5.74, 6) is -1.03. The largest absolute Gasteiger partial charge is 0.467 e. The van der Waals surface area contributed by atoms with Crippen LogP contribution in [0.25, 0.3) is 0 Å². The van der Waals surface area contributed by atoms with Gasteiger partial charge in [0.1, 0.15) is 11.6 Å². The van der Waals surface area contributed by atoms with Gasteiger partial charge in [0.2, 0.25) is 0 Å². The van der Waals surface area contributed by atoms with Crippen molar-refractivity contribution in [2.75, 3.05) is 6.54 Å². The highest BCUT2D eigenvalue weighted by Gasteiger charge is 2.36. The number of carbonyl (C=O) groups is 3. The van der Waals surface area contributed by atoms with Crippen molar-refractivity contribution in [1.82, 2.24) is 10.2 Å². The molecule has 0 saturated heterocycles. The van der Waals surface area contributed by atoms with Crippen molar-refractivity contribution in [3.8, 4) is 0 Å². The van der Waals surface area contributed by atoms with E-state index in [1.807, 2.05) is 0 Å². The Kier molecular flexibility index (Phi) is 4.95. The number of amides is 3. The average Bonchev–Trinajstić information content (AvgIpc) is 3.32. The molecule has 0 atom stereocenters. The Balaban J connectivity index is 1.42. The van der Waals surface area contributed by atoms with Gasteiger partial charge in [-0.05, 0) is 54.4 Å². The highest BCUT2D eigenvalue weighted by Crippen LogP contribution is 2.25. The highest BCUT2D eigenvalue weighted by atomic mass is 19.1. The van der Waals surface area contributed by atoms with Crippen LogP contribution in [-0.2, 0) is 13.0 Å². The third-order valence-electron chi connectivity index (χ3n) is 4.74. The Morgan fingerprint density at radius 1 is 1.00 bits per heavy atom. The molecule has 0 spiro atoms. The minimum absolute atomic E-state index is 0.0402. The van der Waals surface area contributed by atoms with Crippen LogP contribution in [0.3, 0.4) is 0 Å². The molecule has 7 heteroatoms. The van der Waals surface area contributed by atoms with E-state index in [0.29, 0.717) is 24.3 Å². The monoisotopic (exact) mass is 392 g/mol. The zero-order chi connectivity index (χ0) is 20.4. The van der Waals surface area contributed by atoms with Crippen molar-refractivity contribution in [1.29, 1.82) is 0 Å². The van der Waals surface area contributed by atoms with E-state index >= 15 is 0 Å². The maximum Gasteiger partial charge on any atom is 0.261 e. The molecule has 0 fully saturated rings. The summed E-state index contributed by atoms with van der Waals surface area (Å²) in [5.41, 5.74) is 1.66. The lowest BCUT2D eigenvalue weighted by atomic mass is 10.1. The average molecular weight is 392 g/mol. The quantitative estimate of drug-likeness (QED) is 0.654. The molecular weight excluding hydrogens is 375 g/mol. The molecule has 1 N–H and O–H groups in total. The molecule has 1 aliphatic rings. The van der Waals surface area contributed by atoms with Gasteiger partial charge >= 0.3 is 0 Å². The van der Waals surface area contributed by atoms with Crippen LogP contribution in [0, 0.1) is 5.82 Å². The van der Waals surface area contributed by atoms with Gasteiger partial charge in [0.05, 0.1) is 23.9 Å². The summed E-state index contributed by atoms with van der Waals surface area (Å²) in [5, 5.41) is 2.77.